The van der Waals surface area contributed by atoms with Gasteiger partial charge in [0.1, 0.15) is 12.7 Å². The molecule has 1 N–H and O–H groups in total. The van der Waals surface area contributed by atoms with E-state index in [1.807, 2.05) is 6.07 Å². The fourth-order valence-corrected chi connectivity index (χ4v) is 3.31. The van der Waals surface area contributed by atoms with Gasteiger partial charge in [-0.25, -0.2) is 14.6 Å². The summed E-state index contributed by atoms with van der Waals surface area (Å²) in [5.74, 6) is 0.798. The van der Waals surface area contributed by atoms with Crippen molar-refractivity contribution < 1.29 is 0 Å². The van der Waals surface area contributed by atoms with E-state index in [0.717, 1.165) is 44.0 Å². The van der Waals surface area contributed by atoms with Crippen LogP contribution in [0.4, 0.5) is 5.69 Å². The van der Waals surface area contributed by atoms with Crippen molar-refractivity contribution >= 4 is 5.69 Å². The minimum absolute atomic E-state index is 0.457. The standard InChI is InChI=1S/C19H22N6/c1-2-5-16(6-3-1)13-24-11-8-17(9-12-24)23-18-7-4-10-21-19(18)25-15-20-14-22-25/h1-7,10,14-15,17,23H,8-9,11-13H2. The first-order valence-electron chi connectivity index (χ1n) is 8.71. The predicted molar refractivity (Wildman–Crippen MR) is 97.5 cm³/mol. The smallest absolute Gasteiger partial charge is 0.178 e. The second kappa shape index (κ2) is 7.44. The lowest BCUT2D eigenvalue weighted by Gasteiger charge is -2.33. The Bertz CT molecular complexity index is 779. The second-order valence-corrected chi connectivity index (χ2v) is 6.39. The summed E-state index contributed by atoms with van der Waals surface area (Å²) in [6, 6.07) is 15.1. The van der Waals surface area contributed by atoms with Gasteiger partial charge in [-0.05, 0) is 30.5 Å². The van der Waals surface area contributed by atoms with Crippen LogP contribution in [-0.2, 0) is 6.54 Å². The lowest BCUT2D eigenvalue weighted by atomic mass is 10.0. The van der Waals surface area contributed by atoms with Crippen LogP contribution in [0.1, 0.15) is 18.4 Å². The molecular formula is C19H22N6. The van der Waals surface area contributed by atoms with E-state index in [1.165, 1.54) is 11.9 Å². The first-order chi connectivity index (χ1) is 12.4. The normalized spacial score (nSPS) is 16.0. The number of hydrogen-bond acceptors (Lipinski definition) is 5. The van der Waals surface area contributed by atoms with Gasteiger partial charge in [-0.3, -0.25) is 4.90 Å². The number of likely N-dealkylation sites (tertiary alicyclic amines) is 1. The summed E-state index contributed by atoms with van der Waals surface area (Å²) in [6.07, 6.45) is 7.23. The number of anilines is 1. The topological polar surface area (TPSA) is 58.9 Å². The molecule has 2 aromatic heterocycles. The molecule has 1 fully saturated rings. The average Bonchev–Trinajstić information content (AvgIpc) is 3.19. The monoisotopic (exact) mass is 334 g/mol. The Morgan fingerprint density at radius 3 is 2.64 bits per heavy atom. The van der Waals surface area contributed by atoms with E-state index < -0.39 is 0 Å². The van der Waals surface area contributed by atoms with Gasteiger partial charge in [-0.15, -0.1) is 0 Å². The van der Waals surface area contributed by atoms with Crippen molar-refractivity contribution in [3.63, 3.8) is 0 Å². The third-order valence-corrected chi connectivity index (χ3v) is 4.62. The number of piperidine rings is 1. The molecule has 0 spiro atoms. The molecule has 6 heteroatoms. The molecule has 0 bridgehead atoms. The number of aromatic nitrogens is 4. The first kappa shape index (κ1) is 15.8. The van der Waals surface area contributed by atoms with E-state index in [-0.39, 0.29) is 0 Å². The molecule has 128 valence electrons. The summed E-state index contributed by atoms with van der Waals surface area (Å²) in [7, 11) is 0. The zero-order chi connectivity index (χ0) is 16.9. The predicted octanol–water partition coefficient (Wildman–Crippen LogP) is 2.74. The van der Waals surface area contributed by atoms with Crippen LogP contribution < -0.4 is 5.32 Å². The van der Waals surface area contributed by atoms with Gasteiger partial charge in [-0.2, -0.15) is 5.10 Å². The van der Waals surface area contributed by atoms with Crippen molar-refractivity contribution in [2.75, 3.05) is 18.4 Å². The van der Waals surface area contributed by atoms with Gasteiger partial charge in [0.25, 0.3) is 0 Å². The number of pyridine rings is 1. The van der Waals surface area contributed by atoms with Gasteiger partial charge in [0.2, 0.25) is 0 Å². The fourth-order valence-electron chi connectivity index (χ4n) is 3.31. The van der Waals surface area contributed by atoms with Crippen LogP contribution in [0.25, 0.3) is 5.82 Å². The molecular weight excluding hydrogens is 312 g/mol. The van der Waals surface area contributed by atoms with Crippen molar-refractivity contribution in [2.24, 2.45) is 0 Å². The maximum atomic E-state index is 4.44. The first-order valence-corrected chi connectivity index (χ1v) is 8.71. The fraction of sp³-hybridized carbons (Fsp3) is 0.316. The number of nitrogens with zero attached hydrogens (tertiary/aromatic N) is 5. The van der Waals surface area contributed by atoms with Crippen molar-refractivity contribution in [3.05, 3.63) is 66.9 Å². The quantitative estimate of drug-likeness (QED) is 0.777. The SMILES string of the molecule is c1ccc(CN2CCC(Nc3cccnc3-n3cncn3)CC2)cc1. The van der Waals surface area contributed by atoms with Crippen LogP contribution in [0.3, 0.4) is 0 Å². The summed E-state index contributed by atoms with van der Waals surface area (Å²) in [6.45, 7) is 3.24. The molecule has 1 aliphatic heterocycles. The van der Waals surface area contributed by atoms with E-state index in [9.17, 15) is 0 Å². The Morgan fingerprint density at radius 1 is 1.04 bits per heavy atom. The maximum absolute atomic E-state index is 4.44. The van der Waals surface area contributed by atoms with Crippen LogP contribution in [0, 0.1) is 0 Å². The molecule has 0 radical (unpaired) electrons. The van der Waals surface area contributed by atoms with Crippen molar-refractivity contribution in [3.8, 4) is 5.82 Å². The van der Waals surface area contributed by atoms with Gasteiger partial charge in [0.15, 0.2) is 5.82 Å². The summed E-state index contributed by atoms with van der Waals surface area (Å²) in [5.41, 5.74) is 2.39. The summed E-state index contributed by atoms with van der Waals surface area (Å²) in [5, 5.41) is 7.84. The Morgan fingerprint density at radius 2 is 1.88 bits per heavy atom. The van der Waals surface area contributed by atoms with Crippen LogP contribution in [0.5, 0.6) is 0 Å². The minimum Gasteiger partial charge on any atom is -0.379 e. The van der Waals surface area contributed by atoms with E-state index >= 15 is 0 Å². The molecule has 1 aromatic carbocycles. The molecule has 4 rings (SSSR count). The third kappa shape index (κ3) is 3.85. The van der Waals surface area contributed by atoms with E-state index in [1.54, 1.807) is 17.2 Å². The minimum atomic E-state index is 0.457. The maximum Gasteiger partial charge on any atom is 0.178 e. The molecule has 0 unspecified atom stereocenters. The van der Waals surface area contributed by atoms with Gasteiger partial charge in [-0.1, -0.05) is 30.3 Å². The van der Waals surface area contributed by atoms with Gasteiger partial charge < -0.3 is 5.32 Å². The largest absolute Gasteiger partial charge is 0.379 e. The van der Waals surface area contributed by atoms with Crippen molar-refractivity contribution in [1.82, 2.24) is 24.6 Å². The van der Waals surface area contributed by atoms with Crippen LogP contribution in [-0.4, -0.2) is 43.8 Å². The molecule has 0 saturated carbocycles. The highest BCUT2D eigenvalue weighted by Crippen LogP contribution is 2.21. The van der Waals surface area contributed by atoms with Crippen LogP contribution in [0.15, 0.2) is 61.3 Å². The number of nitrogens with one attached hydrogen (secondary N) is 1. The highest BCUT2D eigenvalue weighted by molar-refractivity contribution is 5.56. The highest BCUT2D eigenvalue weighted by Gasteiger charge is 2.20. The Balaban J connectivity index is 1.36. The van der Waals surface area contributed by atoms with E-state index in [0.29, 0.717) is 6.04 Å². The van der Waals surface area contributed by atoms with E-state index in [4.69, 9.17) is 0 Å². The summed E-state index contributed by atoms with van der Waals surface area (Å²) in [4.78, 5) is 11.0. The van der Waals surface area contributed by atoms with Crippen molar-refractivity contribution in [1.29, 1.82) is 0 Å². The Kier molecular flexibility index (Phi) is 4.70. The summed E-state index contributed by atoms with van der Waals surface area (Å²) >= 11 is 0. The number of benzene rings is 1. The Hall–Kier alpha value is -2.73. The molecule has 25 heavy (non-hydrogen) atoms. The average molecular weight is 334 g/mol. The van der Waals surface area contributed by atoms with Crippen molar-refractivity contribution in [2.45, 2.75) is 25.4 Å². The molecule has 3 heterocycles. The van der Waals surface area contributed by atoms with Crippen LogP contribution in [0.2, 0.25) is 0 Å². The van der Waals surface area contributed by atoms with Gasteiger partial charge in [0, 0.05) is 31.9 Å². The Labute approximate surface area is 147 Å². The van der Waals surface area contributed by atoms with Gasteiger partial charge in [0.05, 0.1) is 5.69 Å². The molecule has 3 aromatic rings. The molecule has 0 aliphatic carbocycles. The number of hydrogen-bond donors (Lipinski definition) is 1. The molecule has 6 nitrogen and oxygen atoms in total. The molecule has 0 amide bonds. The van der Waals surface area contributed by atoms with Crippen LogP contribution >= 0.6 is 0 Å². The third-order valence-electron chi connectivity index (χ3n) is 4.62. The lowest BCUT2D eigenvalue weighted by molar-refractivity contribution is 0.211. The number of rotatable bonds is 5. The lowest BCUT2D eigenvalue weighted by Crippen LogP contribution is -2.38. The van der Waals surface area contributed by atoms with E-state index in [2.05, 4.69) is 61.7 Å². The molecule has 1 aliphatic rings. The summed E-state index contributed by atoms with van der Waals surface area (Å²) < 4.78 is 1.70. The second-order valence-electron chi connectivity index (χ2n) is 6.39. The highest BCUT2D eigenvalue weighted by atomic mass is 15.3. The molecule has 1 saturated heterocycles. The zero-order valence-electron chi connectivity index (χ0n) is 14.1. The zero-order valence-corrected chi connectivity index (χ0v) is 14.1. The van der Waals surface area contributed by atoms with Gasteiger partial charge >= 0.3 is 0 Å². The molecule has 0 atom stereocenters.